The molecule has 3 aromatic rings. The molecular weight excluding hydrogens is 522 g/mol. The zero-order valence-corrected chi connectivity index (χ0v) is 25.6. The highest BCUT2D eigenvalue weighted by Gasteiger charge is 2.23. The smallest absolute Gasteiger partial charge is 0.161 e. The Labute approximate surface area is 252 Å². The van der Waals surface area contributed by atoms with Gasteiger partial charge in [0.25, 0.3) is 0 Å². The Morgan fingerprint density at radius 1 is 0.905 bits per heavy atom. The molecular formula is C34H49N7O. The second kappa shape index (κ2) is 15.4. The molecule has 5 rings (SSSR count). The summed E-state index contributed by atoms with van der Waals surface area (Å²) in [7, 11) is 2.21. The van der Waals surface area contributed by atoms with Crippen LogP contribution in [0.15, 0.2) is 54.6 Å². The lowest BCUT2D eigenvalue weighted by Gasteiger charge is -2.23. The molecule has 2 aliphatic rings. The van der Waals surface area contributed by atoms with E-state index < -0.39 is 0 Å². The van der Waals surface area contributed by atoms with Crippen LogP contribution in [0.5, 0.6) is 0 Å². The Hall–Kier alpha value is -3.04. The van der Waals surface area contributed by atoms with Gasteiger partial charge in [-0.25, -0.2) is 9.97 Å². The van der Waals surface area contributed by atoms with E-state index in [1.807, 2.05) is 0 Å². The molecule has 1 unspecified atom stereocenters. The van der Waals surface area contributed by atoms with Crippen molar-refractivity contribution in [1.29, 1.82) is 0 Å². The molecule has 1 aromatic heterocycles. The molecule has 42 heavy (non-hydrogen) atoms. The average molecular weight is 572 g/mol. The van der Waals surface area contributed by atoms with E-state index in [-0.39, 0.29) is 6.61 Å². The predicted molar refractivity (Wildman–Crippen MR) is 173 cm³/mol. The molecule has 0 radical (unpaired) electrons. The number of nitrogens with one attached hydrogen (secondary N) is 2. The summed E-state index contributed by atoms with van der Waals surface area (Å²) in [5.74, 6) is 1.71. The number of hydrogen-bond acceptors (Lipinski definition) is 8. The van der Waals surface area contributed by atoms with Crippen molar-refractivity contribution in [3.63, 3.8) is 0 Å². The minimum absolute atomic E-state index is 0.257. The van der Waals surface area contributed by atoms with Gasteiger partial charge in [-0.1, -0.05) is 37.3 Å². The molecule has 2 aliphatic heterocycles. The summed E-state index contributed by atoms with van der Waals surface area (Å²) in [6.07, 6.45) is 5.32. The number of aromatic nitrogens is 2. The second-order valence-electron chi connectivity index (χ2n) is 11.7. The number of nitrogens with zero attached hydrogens (tertiary/aromatic N) is 5. The molecule has 0 spiro atoms. The van der Waals surface area contributed by atoms with E-state index in [1.165, 1.54) is 24.1 Å². The number of rotatable bonds is 13. The first kappa shape index (κ1) is 30.4. The van der Waals surface area contributed by atoms with Crippen molar-refractivity contribution in [3.8, 4) is 11.4 Å². The molecule has 2 fully saturated rings. The summed E-state index contributed by atoms with van der Waals surface area (Å²) < 4.78 is 0. The maximum Gasteiger partial charge on any atom is 0.161 e. The normalized spacial score (nSPS) is 18.4. The zero-order valence-electron chi connectivity index (χ0n) is 25.6. The van der Waals surface area contributed by atoms with Crippen LogP contribution in [0.3, 0.4) is 0 Å². The van der Waals surface area contributed by atoms with Crippen LogP contribution in [0.1, 0.15) is 49.4 Å². The van der Waals surface area contributed by atoms with E-state index >= 15 is 0 Å². The highest BCUT2D eigenvalue weighted by molar-refractivity contribution is 5.63. The summed E-state index contributed by atoms with van der Waals surface area (Å²) >= 11 is 0. The molecule has 8 heteroatoms. The van der Waals surface area contributed by atoms with E-state index in [4.69, 9.17) is 9.97 Å². The summed E-state index contributed by atoms with van der Waals surface area (Å²) in [4.78, 5) is 17.5. The molecule has 0 amide bonds. The molecule has 226 valence electrons. The number of benzene rings is 2. The van der Waals surface area contributed by atoms with E-state index in [1.54, 1.807) is 0 Å². The number of hydrogen-bond donors (Lipinski definition) is 3. The fourth-order valence-electron chi connectivity index (χ4n) is 6.22. The van der Waals surface area contributed by atoms with Gasteiger partial charge in [0.15, 0.2) is 5.82 Å². The van der Waals surface area contributed by atoms with Crippen molar-refractivity contribution in [2.45, 2.75) is 58.2 Å². The van der Waals surface area contributed by atoms with Crippen molar-refractivity contribution in [2.24, 2.45) is 0 Å². The lowest BCUT2D eigenvalue weighted by Crippen LogP contribution is -2.33. The topological polar surface area (TPSA) is 79.8 Å². The highest BCUT2D eigenvalue weighted by Crippen LogP contribution is 2.26. The van der Waals surface area contributed by atoms with Crippen LogP contribution in [0, 0.1) is 0 Å². The van der Waals surface area contributed by atoms with Crippen molar-refractivity contribution in [3.05, 3.63) is 71.4 Å². The molecule has 1 atom stereocenters. The van der Waals surface area contributed by atoms with E-state index in [0.29, 0.717) is 12.6 Å². The lowest BCUT2D eigenvalue weighted by atomic mass is 10.1. The fourth-order valence-corrected chi connectivity index (χ4v) is 6.22. The lowest BCUT2D eigenvalue weighted by molar-refractivity contribution is 0.158. The largest absolute Gasteiger partial charge is 0.395 e. The van der Waals surface area contributed by atoms with Crippen LogP contribution in [0.2, 0.25) is 0 Å². The highest BCUT2D eigenvalue weighted by atomic mass is 16.3. The van der Waals surface area contributed by atoms with Crippen LogP contribution in [-0.4, -0.2) is 90.4 Å². The van der Waals surface area contributed by atoms with Gasteiger partial charge < -0.3 is 25.5 Å². The minimum atomic E-state index is 0.257. The van der Waals surface area contributed by atoms with Gasteiger partial charge in [0, 0.05) is 68.7 Å². The van der Waals surface area contributed by atoms with E-state index in [9.17, 15) is 5.11 Å². The summed E-state index contributed by atoms with van der Waals surface area (Å²) in [5, 5.41) is 17.0. The third-order valence-electron chi connectivity index (χ3n) is 8.74. The third kappa shape index (κ3) is 8.07. The maximum atomic E-state index is 9.70. The SMILES string of the molecule is CCc1nc(-c2ccc(N3CCCN(C)CC3)cc2)nc(NCCCN2CCCC2CO)c1CNCc1ccccc1. The summed E-state index contributed by atoms with van der Waals surface area (Å²) in [6, 6.07) is 19.6. The molecule has 3 heterocycles. The van der Waals surface area contributed by atoms with Crippen LogP contribution in [0.25, 0.3) is 11.4 Å². The van der Waals surface area contributed by atoms with E-state index in [0.717, 1.165) is 100 Å². The Morgan fingerprint density at radius 3 is 2.52 bits per heavy atom. The Morgan fingerprint density at radius 2 is 1.74 bits per heavy atom. The van der Waals surface area contributed by atoms with Gasteiger partial charge >= 0.3 is 0 Å². The third-order valence-corrected chi connectivity index (χ3v) is 8.74. The van der Waals surface area contributed by atoms with Gasteiger partial charge in [0.1, 0.15) is 5.82 Å². The van der Waals surface area contributed by atoms with E-state index in [2.05, 4.69) is 93.9 Å². The number of aliphatic hydroxyl groups is 1. The number of likely N-dealkylation sites (tertiary alicyclic amines) is 1. The number of anilines is 2. The monoisotopic (exact) mass is 571 g/mol. The van der Waals surface area contributed by atoms with Crippen LogP contribution in [-0.2, 0) is 19.5 Å². The van der Waals surface area contributed by atoms with Crippen LogP contribution >= 0.6 is 0 Å². The Balaban J connectivity index is 1.32. The minimum Gasteiger partial charge on any atom is -0.395 e. The van der Waals surface area contributed by atoms with Gasteiger partial charge in [0.05, 0.1) is 12.3 Å². The molecule has 3 N–H and O–H groups in total. The zero-order chi connectivity index (χ0) is 29.1. The average Bonchev–Trinajstić information content (AvgIpc) is 3.38. The number of likely N-dealkylation sites (N-methyl/N-ethyl adjacent to an activating group) is 1. The Bertz CT molecular complexity index is 1240. The quantitative estimate of drug-likeness (QED) is 0.261. The van der Waals surface area contributed by atoms with Crippen molar-refractivity contribution in [1.82, 2.24) is 25.1 Å². The molecule has 8 nitrogen and oxygen atoms in total. The summed E-state index contributed by atoms with van der Waals surface area (Å²) in [5.41, 5.74) is 5.82. The van der Waals surface area contributed by atoms with Gasteiger partial charge in [0.2, 0.25) is 0 Å². The standard InChI is InChI=1S/C34H49N7O/c1-3-32-31(25-35-24-27-10-5-4-6-11-27)34(36-17-8-20-40-19-7-12-30(40)26-42)38-33(37-32)28-13-15-29(16-14-28)41-21-9-18-39(2)22-23-41/h4-6,10-11,13-16,30,35,42H,3,7-9,12,17-26H2,1-2H3,(H,36,37,38). The van der Waals surface area contributed by atoms with Crippen LogP contribution < -0.4 is 15.5 Å². The maximum absolute atomic E-state index is 9.70. The summed E-state index contributed by atoms with van der Waals surface area (Å²) in [6.45, 7) is 11.3. The van der Waals surface area contributed by atoms with Crippen LogP contribution in [0.4, 0.5) is 11.5 Å². The predicted octanol–water partition coefficient (Wildman–Crippen LogP) is 4.40. The second-order valence-corrected chi connectivity index (χ2v) is 11.7. The van der Waals surface area contributed by atoms with Crippen molar-refractivity contribution < 1.29 is 5.11 Å². The number of aliphatic hydroxyl groups excluding tert-OH is 1. The molecule has 0 bridgehead atoms. The van der Waals surface area contributed by atoms with Gasteiger partial charge in [-0.05, 0) is 82.1 Å². The fraction of sp³-hybridized carbons (Fsp3) is 0.529. The molecule has 0 aliphatic carbocycles. The first-order valence-electron chi connectivity index (χ1n) is 15.9. The van der Waals surface area contributed by atoms with Crippen molar-refractivity contribution in [2.75, 3.05) is 69.7 Å². The van der Waals surface area contributed by atoms with Crippen molar-refractivity contribution >= 4 is 11.5 Å². The van der Waals surface area contributed by atoms with Gasteiger partial charge in [-0.2, -0.15) is 0 Å². The first-order valence-corrected chi connectivity index (χ1v) is 15.9. The first-order chi connectivity index (χ1) is 20.6. The molecule has 2 saturated heterocycles. The van der Waals surface area contributed by atoms with Gasteiger partial charge in [-0.15, -0.1) is 0 Å². The molecule has 2 aromatic carbocycles. The Kier molecular flexibility index (Phi) is 11.2. The molecule has 0 saturated carbocycles. The van der Waals surface area contributed by atoms with Gasteiger partial charge in [-0.3, -0.25) is 4.90 Å². The number of aryl methyl sites for hydroxylation is 1.